The van der Waals surface area contributed by atoms with E-state index in [2.05, 4.69) is 0 Å². The van der Waals surface area contributed by atoms with E-state index in [-0.39, 0.29) is 23.5 Å². The van der Waals surface area contributed by atoms with Crippen LogP contribution in [-0.2, 0) is 4.74 Å². The number of thiophene rings is 1. The second-order valence-electron chi connectivity index (χ2n) is 4.88. The van der Waals surface area contributed by atoms with Gasteiger partial charge in [-0.2, -0.15) is 0 Å². The fourth-order valence-corrected chi connectivity index (χ4v) is 3.54. The molecule has 1 aliphatic rings. The van der Waals surface area contributed by atoms with Gasteiger partial charge in [0.15, 0.2) is 0 Å². The highest BCUT2D eigenvalue weighted by molar-refractivity contribution is 7.21. The van der Waals surface area contributed by atoms with Gasteiger partial charge >= 0.3 is 0 Å². The van der Waals surface area contributed by atoms with E-state index >= 15 is 0 Å². The lowest BCUT2D eigenvalue weighted by molar-refractivity contribution is 0.00392. The number of hydrogen-bond donors (Lipinski definition) is 1. The molecule has 0 saturated carbocycles. The van der Waals surface area contributed by atoms with Crippen LogP contribution >= 0.6 is 11.3 Å². The van der Waals surface area contributed by atoms with E-state index in [4.69, 9.17) is 10.5 Å². The molecule has 1 saturated heterocycles. The molecule has 3 rings (SSSR count). The van der Waals surface area contributed by atoms with E-state index in [0.717, 1.165) is 0 Å². The van der Waals surface area contributed by atoms with E-state index in [1.54, 1.807) is 17.0 Å². The van der Waals surface area contributed by atoms with E-state index in [0.29, 0.717) is 34.7 Å². The molecule has 0 aliphatic carbocycles. The monoisotopic (exact) mass is 294 g/mol. The lowest BCUT2D eigenvalue weighted by atomic mass is 10.2. The Morgan fingerprint density at radius 2 is 2.35 bits per heavy atom. The average molecular weight is 294 g/mol. The van der Waals surface area contributed by atoms with Crippen LogP contribution in [0.1, 0.15) is 16.6 Å². The van der Waals surface area contributed by atoms with Crippen LogP contribution in [-0.4, -0.2) is 36.6 Å². The molecule has 0 bridgehead atoms. The summed E-state index contributed by atoms with van der Waals surface area (Å²) in [5.41, 5.74) is 6.23. The number of morpholine rings is 1. The average Bonchev–Trinajstić information content (AvgIpc) is 2.77. The maximum Gasteiger partial charge on any atom is 0.266 e. The van der Waals surface area contributed by atoms with E-state index in [1.165, 1.54) is 17.4 Å². The molecule has 0 spiro atoms. The first-order valence-electron chi connectivity index (χ1n) is 6.45. The molecule has 1 fully saturated rings. The number of carbonyl (C=O) groups is 1. The fourth-order valence-electron chi connectivity index (χ4n) is 2.45. The van der Waals surface area contributed by atoms with Gasteiger partial charge in [-0.3, -0.25) is 4.79 Å². The highest BCUT2D eigenvalue weighted by Gasteiger charge is 2.28. The number of nitrogens with zero attached hydrogens (tertiary/aromatic N) is 1. The first kappa shape index (κ1) is 13.3. The summed E-state index contributed by atoms with van der Waals surface area (Å²) in [6.07, 6.45) is 0. The SMILES string of the molecule is CC1COCCN1C(=O)c1sc2cccc(F)c2c1N. The van der Waals surface area contributed by atoms with Crippen LogP contribution in [0, 0.1) is 5.82 Å². The highest BCUT2D eigenvalue weighted by Crippen LogP contribution is 2.36. The van der Waals surface area contributed by atoms with Gasteiger partial charge in [0.2, 0.25) is 0 Å². The normalized spacial score (nSPS) is 19.5. The van der Waals surface area contributed by atoms with Crippen molar-refractivity contribution in [2.75, 3.05) is 25.5 Å². The summed E-state index contributed by atoms with van der Waals surface area (Å²) in [6.45, 7) is 3.51. The van der Waals surface area contributed by atoms with Gasteiger partial charge in [-0.25, -0.2) is 4.39 Å². The van der Waals surface area contributed by atoms with Crippen molar-refractivity contribution in [3.8, 4) is 0 Å². The first-order chi connectivity index (χ1) is 9.59. The molecule has 1 aromatic heterocycles. The molecule has 1 atom stereocenters. The predicted molar refractivity (Wildman–Crippen MR) is 77.5 cm³/mol. The quantitative estimate of drug-likeness (QED) is 0.879. The second-order valence-corrected chi connectivity index (χ2v) is 5.93. The number of fused-ring (bicyclic) bond motifs is 1. The number of halogens is 1. The molecule has 1 unspecified atom stereocenters. The molecular weight excluding hydrogens is 279 g/mol. The van der Waals surface area contributed by atoms with Gasteiger partial charge < -0.3 is 15.4 Å². The van der Waals surface area contributed by atoms with E-state index in [9.17, 15) is 9.18 Å². The zero-order valence-electron chi connectivity index (χ0n) is 11.1. The zero-order chi connectivity index (χ0) is 14.3. The molecular formula is C14H15FN2O2S. The number of amides is 1. The van der Waals surface area contributed by atoms with Gasteiger partial charge in [0.25, 0.3) is 5.91 Å². The third kappa shape index (κ3) is 2.05. The molecule has 1 aliphatic heterocycles. The van der Waals surface area contributed by atoms with Crippen molar-refractivity contribution in [3.05, 3.63) is 28.9 Å². The summed E-state index contributed by atoms with van der Waals surface area (Å²) in [7, 11) is 0. The third-order valence-electron chi connectivity index (χ3n) is 3.52. The van der Waals surface area contributed by atoms with Gasteiger partial charge in [0.05, 0.1) is 30.3 Å². The molecule has 2 heterocycles. The summed E-state index contributed by atoms with van der Waals surface area (Å²) < 4.78 is 19.8. The number of hydrogen-bond acceptors (Lipinski definition) is 4. The van der Waals surface area contributed by atoms with Crippen molar-refractivity contribution < 1.29 is 13.9 Å². The molecule has 2 aromatic rings. The van der Waals surface area contributed by atoms with Gasteiger partial charge in [0.1, 0.15) is 10.7 Å². The molecule has 1 aromatic carbocycles. The zero-order valence-corrected chi connectivity index (χ0v) is 11.9. The lowest BCUT2D eigenvalue weighted by Crippen LogP contribution is -2.47. The highest BCUT2D eigenvalue weighted by atomic mass is 32.1. The molecule has 0 radical (unpaired) electrons. The minimum atomic E-state index is -0.384. The molecule has 2 N–H and O–H groups in total. The Morgan fingerprint density at radius 1 is 1.55 bits per heavy atom. The van der Waals surface area contributed by atoms with Crippen LogP contribution in [0.5, 0.6) is 0 Å². The van der Waals surface area contributed by atoms with Crippen LogP contribution in [0.3, 0.4) is 0 Å². The fraction of sp³-hybridized carbons (Fsp3) is 0.357. The number of nitrogens with two attached hydrogens (primary N) is 1. The number of rotatable bonds is 1. The number of nitrogen functional groups attached to an aromatic ring is 1. The van der Waals surface area contributed by atoms with Crippen molar-refractivity contribution >= 4 is 33.0 Å². The number of anilines is 1. The third-order valence-corrected chi connectivity index (χ3v) is 4.68. The maximum atomic E-state index is 13.8. The standard InChI is InChI=1S/C14H15FN2O2S/c1-8-7-19-6-5-17(8)14(18)13-12(16)11-9(15)3-2-4-10(11)20-13/h2-4,8H,5-7,16H2,1H3. The van der Waals surface area contributed by atoms with Gasteiger partial charge in [0, 0.05) is 11.2 Å². The van der Waals surface area contributed by atoms with Crippen molar-refractivity contribution in [1.82, 2.24) is 4.90 Å². The predicted octanol–water partition coefficient (Wildman–Crippen LogP) is 2.48. The van der Waals surface area contributed by atoms with Gasteiger partial charge in [-0.1, -0.05) is 6.07 Å². The summed E-state index contributed by atoms with van der Waals surface area (Å²) in [5, 5.41) is 0.349. The minimum Gasteiger partial charge on any atom is -0.397 e. The summed E-state index contributed by atoms with van der Waals surface area (Å²) in [4.78, 5) is 14.7. The van der Waals surface area contributed by atoms with Crippen LogP contribution in [0.25, 0.3) is 10.1 Å². The molecule has 106 valence electrons. The Hall–Kier alpha value is -1.66. The minimum absolute atomic E-state index is 0.00529. The topological polar surface area (TPSA) is 55.6 Å². The Kier molecular flexibility index (Phi) is 3.35. The van der Waals surface area contributed by atoms with Crippen molar-refractivity contribution in [1.29, 1.82) is 0 Å². The van der Waals surface area contributed by atoms with Crippen molar-refractivity contribution in [3.63, 3.8) is 0 Å². The van der Waals surface area contributed by atoms with Crippen LogP contribution in [0.4, 0.5) is 10.1 Å². The molecule has 6 heteroatoms. The number of ether oxygens (including phenoxy) is 1. The van der Waals surface area contributed by atoms with Crippen molar-refractivity contribution in [2.45, 2.75) is 13.0 Å². The second kappa shape index (κ2) is 5.03. The van der Waals surface area contributed by atoms with Gasteiger partial charge in [-0.05, 0) is 19.1 Å². The van der Waals surface area contributed by atoms with Gasteiger partial charge in [-0.15, -0.1) is 11.3 Å². The van der Waals surface area contributed by atoms with Crippen LogP contribution in [0.15, 0.2) is 18.2 Å². The Labute approximate surface area is 119 Å². The number of benzene rings is 1. The van der Waals surface area contributed by atoms with E-state index in [1.807, 2.05) is 6.92 Å². The van der Waals surface area contributed by atoms with E-state index < -0.39 is 0 Å². The summed E-state index contributed by atoms with van der Waals surface area (Å²) in [5.74, 6) is -0.524. The Bertz CT molecular complexity index is 670. The largest absolute Gasteiger partial charge is 0.397 e. The summed E-state index contributed by atoms with van der Waals surface area (Å²) in [6, 6.07) is 4.76. The van der Waals surface area contributed by atoms with Crippen molar-refractivity contribution in [2.24, 2.45) is 0 Å². The molecule has 20 heavy (non-hydrogen) atoms. The molecule has 4 nitrogen and oxygen atoms in total. The number of carbonyl (C=O) groups excluding carboxylic acids is 1. The van der Waals surface area contributed by atoms with Crippen LogP contribution in [0.2, 0.25) is 0 Å². The Morgan fingerprint density at radius 3 is 3.05 bits per heavy atom. The Balaban J connectivity index is 2.03. The van der Waals surface area contributed by atoms with Crippen LogP contribution < -0.4 is 5.73 Å². The molecule has 1 amide bonds. The first-order valence-corrected chi connectivity index (χ1v) is 7.26. The smallest absolute Gasteiger partial charge is 0.266 e. The lowest BCUT2D eigenvalue weighted by Gasteiger charge is -2.33. The summed E-state index contributed by atoms with van der Waals surface area (Å²) >= 11 is 1.24. The maximum absolute atomic E-state index is 13.8.